The summed E-state index contributed by atoms with van der Waals surface area (Å²) in [7, 11) is 1.50. The number of carbonyl (C=O) groups is 1. The van der Waals surface area contributed by atoms with E-state index in [4.69, 9.17) is 32.7 Å². The Hall–Kier alpha value is -3.32. The zero-order valence-corrected chi connectivity index (χ0v) is 25.0. The summed E-state index contributed by atoms with van der Waals surface area (Å²) in [5.74, 6) is 0.496. The van der Waals surface area contributed by atoms with Crippen LogP contribution in [0, 0.1) is 0 Å². The van der Waals surface area contributed by atoms with Crippen LogP contribution >= 0.6 is 50.5 Å². The van der Waals surface area contributed by atoms with Gasteiger partial charge in [-0.3, -0.25) is 4.79 Å². The third-order valence-corrected chi connectivity index (χ3v) is 7.62. The summed E-state index contributed by atoms with van der Waals surface area (Å²) in [5.41, 5.74) is 3.77. The summed E-state index contributed by atoms with van der Waals surface area (Å²) in [5, 5.41) is 9.70. The molecule has 4 rings (SSSR count). The number of nitrogens with zero attached hydrogens (tertiary/aromatic N) is 2. The Morgan fingerprint density at radius 3 is 2.66 bits per heavy atom. The van der Waals surface area contributed by atoms with Crippen LogP contribution in [0.1, 0.15) is 22.4 Å². The SMILES string of the molecule is COc1cc(/C=N\NC(=O)Cc2csc(Nc3cccc(C(F)(F)F)c3)n2)c(Br)cc1OCc1ccc(Cl)c(Cl)c1. The number of ether oxygens (including phenoxy) is 2. The van der Waals surface area contributed by atoms with Crippen molar-refractivity contribution in [1.82, 2.24) is 10.4 Å². The van der Waals surface area contributed by atoms with Gasteiger partial charge in [0.2, 0.25) is 5.91 Å². The zero-order valence-electron chi connectivity index (χ0n) is 21.1. The molecule has 0 spiro atoms. The molecule has 41 heavy (non-hydrogen) atoms. The molecule has 0 bridgehead atoms. The number of amides is 1. The highest BCUT2D eigenvalue weighted by atomic mass is 79.9. The molecule has 4 aromatic rings. The van der Waals surface area contributed by atoms with E-state index < -0.39 is 17.6 Å². The quantitative estimate of drug-likeness (QED) is 0.130. The largest absolute Gasteiger partial charge is 0.493 e. The first kappa shape index (κ1) is 30.6. The molecule has 0 aliphatic carbocycles. The van der Waals surface area contributed by atoms with Crippen LogP contribution in [0.2, 0.25) is 10.0 Å². The van der Waals surface area contributed by atoms with Gasteiger partial charge in [-0.2, -0.15) is 18.3 Å². The number of anilines is 2. The Kier molecular flexibility index (Phi) is 10.1. The Balaban J connectivity index is 1.33. The van der Waals surface area contributed by atoms with Crippen LogP contribution in [-0.2, 0) is 24.0 Å². The maximum atomic E-state index is 12.9. The van der Waals surface area contributed by atoms with Crippen molar-refractivity contribution in [2.24, 2.45) is 5.10 Å². The molecule has 0 saturated heterocycles. The lowest BCUT2D eigenvalue weighted by molar-refractivity contribution is -0.137. The Morgan fingerprint density at radius 1 is 1.12 bits per heavy atom. The van der Waals surface area contributed by atoms with E-state index in [1.807, 2.05) is 0 Å². The number of alkyl halides is 3. The van der Waals surface area contributed by atoms with Crippen molar-refractivity contribution < 1.29 is 27.4 Å². The highest BCUT2D eigenvalue weighted by Crippen LogP contribution is 2.34. The van der Waals surface area contributed by atoms with Gasteiger partial charge in [0, 0.05) is 21.1 Å². The summed E-state index contributed by atoms with van der Waals surface area (Å²) < 4.78 is 50.8. The van der Waals surface area contributed by atoms with Gasteiger partial charge in [0.05, 0.1) is 41.0 Å². The smallest absolute Gasteiger partial charge is 0.416 e. The number of hydrogen-bond donors (Lipinski definition) is 2. The monoisotopic (exact) mass is 686 g/mol. The minimum Gasteiger partial charge on any atom is -0.493 e. The molecule has 0 aliphatic heterocycles. The lowest BCUT2D eigenvalue weighted by Gasteiger charge is -2.13. The van der Waals surface area contributed by atoms with Gasteiger partial charge in [0.25, 0.3) is 0 Å². The van der Waals surface area contributed by atoms with Crippen molar-refractivity contribution >= 4 is 73.4 Å². The van der Waals surface area contributed by atoms with Crippen molar-refractivity contribution in [2.75, 3.05) is 12.4 Å². The first-order valence-corrected chi connectivity index (χ1v) is 14.1. The Bertz CT molecular complexity index is 1580. The first-order valence-electron chi connectivity index (χ1n) is 11.7. The van der Waals surface area contributed by atoms with Crippen LogP contribution in [0.4, 0.5) is 24.0 Å². The van der Waals surface area contributed by atoms with Crippen LogP contribution in [0.25, 0.3) is 0 Å². The average Bonchev–Trinajstić information content (AvgIpc) is 3.36. The molecule has 3 aromatic carbocycles. The van der Waals surface area contributed by atoms with E-state index in [-0.39, 0.29) is 18.7 Å². The van der Waals surface area contributed by atoms with Crippen molar-refractivity contribution in [3.8, 4) is 11.5 Å². The zero-order chi connectivity index (χ0) is 29.6. The third kappa shape index (κ3) is 8.59. The molecule has 0 aliphatic rings. The minimum absolute atomic E-state index is 0.0793. The molecule has 0 unspecified atom stereocenters. The van der Waals surface area contributed by atoms with Gasteiger partial charge < -0.3 is 14.8 Å². The molecule has 1 aromatic heterocycles. The summed E-state index contributed by atoms with van der Waals surface area (Å²) in [6.07, 6.45) is -3.09. The number of hydrogen-bond acceptors (Lipinski definition) is 7. The van der Waals surface area contributed by atoms with Gasteiger partial charge in [-0.05, 0) is 64.0 Å². The summed E-state index contributed by atoms with van der Waals surface area (Å²) in [6, 6.07) is 13.4. The molecule has 1 amide bonds. The second-order valence-corrected chi connectivity index (χ2v) is 10.9. The second-order valence-electron chi connectivity index (χ2n) is 8.38. The number of thiazole rings is 1. The highest BCUT2D eigenvalue weighted by molar-refractivity contribution is 9.10. The number of hydrazone groups is 1. The van der Waals surface area contributed by atoms with Gasteiger partial charge in [0.15, 0.2) is 16.6 Å². The average molecular weight is 688 g/mol. The van der Waals surface area contributed by atoms with E-state index in [0.29, 0.717) is 42.4 Å². The standard InChI is InChI=1S/C27H20BrCl2F3N4O3S/c1-39-23-8-16(20(28)11-24(23)40-13-15-5-6-21(29)22(30)7-15)12-34-37-25(38)10-19-14-41-26(36-19)35-18-4-2-3-17(9-18)27(31,32)33/h2-9,11-12,14H,10,13H2,1H3,(H,35,36)(H,37,38)/b34-12-. The fourth-order valence-corrected chi connectivity index (χ4v) is 4.91. The number of halogens is 6. The predicted molar refractivity (Wildman–Crippen MR) is 158 cm³/mol. The van der Waals surface area contributed by atoms with E-state index in [9.17, 15) is 18.0 Å². The maximum absolute atomic E-state index is 12.9. The molecular formula is C27H20BrCl2F3N4O3S. The maximum Gasteiger partial charge on any atom is 0.416 e. The number of rotatable bonds is 10. The van der Waals surface area contributed by atoms with E-state index in [0.717, 1.165) is 17.7 Å². The second kappa shape index (κ2) is 13.6. The third-order valence-electron chi connectivity index (χ3n) is 5.39. The van der Waals surface area contributed by atoms with Crippen LogP contribution in [-0.4, -0.2) is 24.2 Å². The molecule has 214 valence electrons. The van der Waals surface area contributed by atoms with Crippen LogP contribution in [0.3, 0.4) is 0 Å². The molecule has 2 N–H and O–H groups in total. The Morgan fingerprint density at radius 2 is 1.93 bits per heavy atom. The number of nitrogens with one attached hydrogen (secondary N) is 2. The molecule has 7 nitrogen and oxygen atoms in total. The molecular weight excluding hydrogens is 668 g/mol. The summed E-state index contributed by atoms with van der Waals surface area (Å²) in [4.78, 5) is 16.6. The van der Waals surface area contributed by atoms with Crippen molar-refractivity contribution in [2.45, 2.75) is 19.2 Å². The van der Waals surface area contributed by atoms with E-state index >= 15 is 0 Å². The molecule has 0 radical (unpaired) electrons. The van der Waals surface area contributed by atoms with Gasteiger partial charge in [0.1, 0.15) is 6.61 Å². The lowest BCUT2D eigenvalue weighted by Crippen LogP contribution is -2.20. The molecule has 1 heterocycles. The van der Waals surface area contributed by atoms with Crippen LogP contribution in [0.15, 0.2) is 69.6 Å². The Labute approximate surface area is 255 Å². The predicted octanol–water partition coefficient (Wildman–Crippen LogP) is 8.26. The summed E-state index contributed by atoms with van der Waals surface area (Å²) in [6.45, 7) is 0.233. The molecule has 0 atom stereocenters. The van der Waals surface area contributed by atoms with Gasteiger partial charge >= 0.3 is 6.18 Å². The van der Waals surface area contributed by atoms with Gasteiger partial charge in [-0.1, -0.05) is 35.3 Å². The van der Waals surface area contributed by atoms with Gasteiger partial charge in [-0.15, -0.1) is 11.3 Å². The lowest BCUT2D eigenvalue weighted by atomic mass is 10.2. The van der Waals surface area contributed by atoms with E-state index in [1.54, 1.807) is 35.7 Å². The van der Waals surface area contributed by atoms with Crippen molar-refractivity contribution in [3.63, 3.8) is 0 Å². The van der Waals surface area contributed by atoms with E-state index in [2.05, 4.69) is 36.8 Å². The fourth-order valence-electron chi connectivity index (χ4n) is 3.43. The first-order chi connectivity index (χ1) is 19.5. The van der Waals surface area contributed by atoms with E-state index in [1.165, 1.54) is 36.8 Å². The topological polar surface area (TPSA) is 84.8 Å². The van der Waals surface area contributed by atoms with Crippen LogP contribution in [0.5, 0.6) is 11.5 Å². The summed E-state index contributed by atoms with van der Waals surface area (Å²) >= 11 is 16.7. The molecule has 0 fully saturated rings. The number of methoxy groups -OCH3 is 1. The fraction of sp³-hybridized carbons (Fsp3) is 0.148. The number of carbonyl (C=O) groups excluding carboxylic acids is 1. The van der Waals surface area contributed by atoms with Crippen molar-refractivity contribution in [3.05, 3.63) is 96.9 Å². The molecule has 14 heteroatoms. The normalized spacial score (nSPS) is 11.5. The van der Waals surface area contributed by atoms with Gasteiger partial charge in [-0.25, -0.2) is 10.4 Å². The number of benzene rings is 3. The minimum atomic E-state index is -4.45. The van der Waals surface area contributed by atoms with Crippen LogP contribution < -0.4 is 20.2 Å². The highest BCUT2D eigenvalue weighted by Gasteiger charge is 2.30. The van der Waals surface area contributed by atoms with Crippen molar-refractivity contribution in [1.29, 1.82) is 0 Å². The molecule has 0 saturated carbocycles. The number of aromatic nitrogens is 1.